The van der Waals surface area contributed by atoms with Crippen LogP contribution >= 0.6 is 0 Å². The molecule has 0 aliphatic heterocycles. The first-order valence-electron chi connectivity index (χ1n) is 5.15. The zero-order valence-electron chi connectivity index (χ0n) is 9.57. The smallest absolute Gasteiger partial charge is 0.316 e. The summed E-state index contributed by atoms with van der Waals surface area (Å²) in [5.41, 5.74) is 1.07. The van der Waals surface area contributed by atoms with E-state index in [2.05, 4.69) is 5.10 Å². The maximum Gasteiger partial charge on any atom is 0.316 e. The maximum atomic E-state index is 4.34. The lowest BCUT2D eigenvalue weighted by Gasteiger charge is -2.04. The SMILES string of the molecule is CN(N=C[n+]1ccccc1)c1ccccc1.[Cl-]. The Morgan fingerprint density at radius 2 is 1.59 bits per heavy atom. The van der Waals surface area contributed by atoms with Crippen LogP contribution in [-0.4, -0.2) is 13.4 Å². The molecule has 0 aliphatic carbocycles. The van der Waals surface area contributed by atoms with Gasteiger partial charge in [-0.15, -0.1) is 0 Å². The highest BCUT2D eigenvalue weighted by molar-refractivity contribution is 5.50. The Kier molecular flexibility index (Phi) is 5.17. The van der Waals surface area contributed by atoms with Gasteiger partial charge < -0.3 is 12.4 Å². The number of anilines is 1. The monoisotopic (exact) mass is 247 g/mol. The lowest BCUT2D eigenvalue weighted by Crippen LogP contribution is -3.00. The standard InChI is InChI=1S/C13H14N3.ClH/c1-15(13-8-4-2-5-9-13)14-12-16-10-6-3-7-11-16;/h2-12H,1H3;1H/q+1;/p-1. The van der Waals surface area contributed by atoms with E-state index in [1.165, 1.54) is 0 Å². The Labute approximate surface area is 107 Å². The molecule has 0 bridgehead atoms. The molecule has 88 valence electrons. The van der Waals surface area contributed by atoms with Gasteiger partial charge in [-0.3, -0.25) is 0 Å². The molecule has 2 rings (SSSR count). The van der Waals surface area contributed by atoms with Crippen molar-refractivity contribution in [2.45, 2.75) is 0 Å². The van der Waals surface area contributed by atoms with Gasteiger partial charge in [0.1, 0.15) is 0 Å². The number of nitrogens with zero attached hydrogens (tertiary/aromatic N) is 3. The number of aromatic nitrogens is 1. The van der Waals surface area contributed by atoms with Gasteiger partial charge in [-0.05, 0) is 24.3 Å². The van der Waals surface area contributed by atoms with Crippen LogP contribution in [0.4, 0.5) is 5.69 Å². The van der Waals surface area contributed by atoms with Gasteiger partial charge in [0.05, 0.1) is 25.1 Å². The number of hydrogen-bond donors (Lipinski definition) is 0. The first-order valence-corrected chi connectivity index (χ1v) is 5.15. The van der Waals surface area contributed by atoms with Crippen molar-refractivity contribution in [3.05, 3.63) is 60.9 Å². The van der Waals surface area contributed by atoms with Crippen LogP contribution < -0.4 is 22.0 Å². The predicted molar refractivity (Wildman–Crippen MR) is 65.4 cm³/mol. The average molecular weight is 248 g/mol. The van der Waals surface area contributed by atoms with Crippen molar-refractivity contribution in [2.75, 3.05) is 12.1 Å². The van der Waals surface area contributed by atoms with Gasteiger partial charge in [0.15, 0.2) is 0 Å². The van der Waals surface area contributed by atoms with Crippen LogP contribution in [0.1, 0.15) is 0 Å². The predicted octanol–water partition coefficient (Wildman–Crippen LogP) is -1.09. The van der Waals surface area contributed by atoms with Crippen LogP contribution in [0, 0.1) is 0 Å². The van der Waals surface area contributed by atoms with Gasteiger partial charge >= 0.3 is 6.34 Å². The Morgan fingerprint density at radius 1 is 1.00 bits per heavy atom. The van der Waals surface area contributed by atoms with Crippen molar-refractivity contribution in [1.82, 2.24) is 0 Å². The van der Waals surface area contributed by atoms with E-state index >= 15 is 0 Å². The Bertz CT molecular complexity index is 457. The van der Waals surface area contributed by atoms with E-state index in [1.54, 1.807) is 6.34 Å². The molecule has 0 amide bonds. The van der Waals surface area contributed by atoms with Gasteiger partial charge in [-0.2, -0.15) is 5.01 Å². The molecule has 1 aromatic heterocycles. The molecule has 0 saturated heterocycles. The van der Waals surface area contributed by atoms with E-state index in [1.807, 2.05) is 77.5 Å². The summed E-state index contributed by atoms with van der Waals surface area (Å²) in [6, 6.07) is 15.9. The average Bonchev–Trinajstić information content (AvgIpc) is 2.38. The molecular formula is C13H14ClN3. The van der Waals surface area contributed by atoms with E-state index < -0.39 is 0 Å². The van der Waals surface area contributed by atoms with Gasteiger partial charge in [0.25, 0.3) is 0 Å². The number of hydrogen-bond acceptors (Lipinski definition) is 2. The van der Waals surface area contributed by atoms with Crippen LogP contribution in [-0.2, 0) is 0 Å². The summed E-state index contributed by atoms with van der Waals surface area (Å²) >= 11 is 0. The molecule has 3 nitrogen and oxygen atoms in total. The fourth-order valence-electron chi connectivity index (χ4n) is 1.34. The van der Waals surface area contributed by atoms with Crippen molar-refractivity contribution >= 4 is 12.0 Å². The third-order valence-electron chi connectivity index (χ3n) is 2.23. The van der Waals surface area contributed by atoms with E-state index in [4.69, 9.17) is 0 Å². The highest BCUT2D eigenvalue weighted by Crippen LogP contribution is 2.10. The van der Waals surface area contributed by atoms with Crippen LogP contribution in [0.2, 0.25) is 0 Å². The summed E-state index contributed by atoms with van der Waals surface area (Å²) in [5.74, 6) is 0. The zero-order valence-corrected chi connectivity index (χ0v) is 10.3. The highest BCUT2D eigenvalue weighted by Gasteiger charge is 2.01. The summed E-state index contributed by atoms with van der Waals surface area (Å²) < 4.78 is 1.90. The summed E-state index contributed by atoms with van der Waals surface area (Å²) in [7, 11) is 1.93. The maximum absolute atomic E-state index is 4.34. The molecule has 1 aromatic carbocycles. The lowest BCUT2D eigenvalue weighted by molar-refractivity contribution is -0.546. The second-order valence-electron chi connectivity index (χ2n) is 3.41. The number of pyridine rings is 1. The van der Waals surface area contributed by atoms with Crippen molar-refractivity contribution in [2.24, 2.45) is 5.10 Å². The van der Waals surface area contributed by atoms with Crippen LogP contribution in [0.25, 0.3) is 0 Å². The first kappa shape index (κ1) is 13.2. The first-order chi connectivity index (χ1) is 7.86. The van der Waals surface area contributed by atoms with Crippen molar-refractivity contribution in [3.8, 4) is 0 Å². The summed E-state index contributed by atoms with van der Waals surface area (Å²) in [6.45, 7) is 0. The van der Waals surface area contributed by atoms with Gasteiger partial charge in [-0.1, -0.05) is 24.3 Å². The van der Waals surface area contributed by atoms with Gasteiger partial charge in [-0.25, -0.2) is 4.57 Å². The molecule has 2 aromatic rings. The Balaban J connectivity index is 0.00000144. The zero-order chi connectivity index (χ0) is 11.2. The Hall–Kier alpha value is -1.87. The number of halogens is 1. The second kappa shape index (κ2) is 6.66. The molecule has 0 N–H and O–H groups in total. The topological polar surface area (TPSA) is 19.5 Å². The van der Waals surface area contributed by atoms with E-state index in [9.17, 15) is 0 Å². The third kappa shape index (κ3) is 3.89. The summed E-state index contributed by atoms with van der Waals surface area (Å²) in [6.07, 6.45) is 5.66. The highest BCUT2D eigenvalue weighted by atomic mass is 35.5. The molecule has 17 heavy (non-hydrogen) atoms. The largest absolute Gasteiger partial charge is 1.00 e. The fraction of sp³-hybridized carbons (Fsp3) is 0.0769. The second-order valence-corrected chi connectivity index (χ2v) is 3.41. The molecule has 0 atom stereocenters. The van der Waals surface area contributed by atoms with Gasteiger partial charge in [0, 0.05) is 5.10 Å². The molecule has 4 heteroatoms. The van der Waals surface area contributed by atoms with Gasteiger partial charge in [0.2, 0.25) is 0 Å². The molecule has 1 heterocycles. The number of para-hydroxylation sites is 1. The molecule has 0 radical (unpaired) electrons. The van der Waals surface area contributed by atoms with Crippen molar-refractivity contribution in [1.29, 1.82) is 0 Å². The van der Waals surface area contributed by atoms with Crippen LogP contribution in [0.3, 0.4) is 0 Å². The molecule has 0 unspecified atom stereocenters. The minimum absolute atomic E-state index is 0. The number of rotatable bonds is 3. The summed E-state index contributed by atoms with van der Waals surface area (Å²) in [4.78, 5) is 0. The lowest BCUT2D eigenvalue weighted by atomic mass is 10.3. The van der Waals surface area contributed by atoms with E-state index in [-0.39, 0.29) is 12.4 Å². The van der Waals surface area contributed by atoms with Crippen LogP contribution in [0.5, 0.6) is 0 Å². The quantitative estimate of drug-likeness (QED) is 0.292. The minimum atomic E-state index is 0. The number of benzene rings is 1. The molecule has 0 spiro atoms. The molecule has 0 saturated carbocycles. The van der Waals surface area contributed by atoms with E-state index in [0.717, 1.165) is 5.69 Å². The third-order valence-corrected chi connectivity index (χ3v) is 2.23. The molecule has 0 aliphatic rings. The summed E-state index contributed by atoms with van der Waals surface area (Å²) in [5, 5.41) is 6.17. The molecule has 0 fully saturated rings. The Morgan fingerprint density at radius 3 is 2.24 bits per heavy atom. The normalized spacial score (nSPS) is 9.94. The molecular weight excluding hydrogens is 234 g/mol. The number of hydrazone groups is 1. The van der Waals surface area contributed by atoms with Crippen molar-refractivity contribution in [3.63, 3.8) is 0 Å². The van der Waals surface area contributed by atoms with Crippen LogP contribution in [0.15, 0.2) is 66.0 Å². The van der Waals surface area contributed by atoms with Crippen molar-refractivity contribution < 1.29 is 17.0 Å². The van der Waals surface area contributed by atoms with E-state index in [0.29, 0.717) is 0 Å². The fourth-order valence-corrected chi connectivity index (χ4v) is 1.34. The minimum Gasteiger partial charge on any atom is -1.00 e.